The van der Waals surface area contributed by atoms with E-state index in [1.54, 1.807) is 6.92 Å². The number of esters is 1. The van der Waals surface area contributed by atoms with E-state index in [-0.39, 0.29) is 11.6 Å². The van der Waals surface area contributed by atoms with Crippen LogP contribution in [0.15, 0.2) is 12.2 Å². The van der Waals surface area contributed by atoms with Gasteiger partial charge in [0.2, 0.25) is 0 Å². The average Bonchev–Trinajstić information content (AvgIpc) is 2.27. The summed E-state index contributed by atoms with van der Waals surface area (Å²) in [7, 11) is 0. The highest BCUT2D eigenvalue weighted by Crippen LogP contribution is 2.36. The molecule has 0 radical (unpaired) electrons. The van der Waals surface area contributed by atoms with Crippen molar-refractivity contribution >= 4 is 5.97 Å². The second-order valence-corrected chi connectivity index (χ2v) is 5.85. The first kappa shape index (κ1) is 14.3. The molecule has 17 heavy (non-hydrogen) atoms. The van der Waals surface area contributed by atoms with E-state index >= 15 is 0 Å². The first-order valence-electron chi connectivity index (χ1n) is 6.84. The molecule has 1 aliphatic carbocycles. The fourth-order valence-electron chi connectivity index (χ4n) is 2.43. The van der Waals surface area contributed by atoms with Crippen LogP contribution in [0.4, 0.5) is 0 Å². The van der Waals surface area contributed by atoms with Crippen LogP contribution in [0.2, 0.25) is 0 Å². The summed E-state index contributed by atoms with van der Waals surface area (Å²) in [5.41, 5.74) is 0.318. The lowest BCUT2D eigenvalue weighted by molar-refractivity contribution is -0.159. The lowest BCUT2D eigenvalue weighted by atomic mass is 9.80. The van der Waals surface area contributed by atoms with Crippen LogP contribution in [0.5, 0.6) is 0 Å². The van der Waals surface area contributed by atoms with Crippen LogP contribution in [-0.2, 0) is 9.53 Å². The summed E-state index contributed by atoms with van der Waals surface area (Å²) in [6.07, 6.45) is 7.82. The zero-order valence-corrected chi connectivity index (χ0v) is 11.6. The summed E-state index contributed by atoms with van der Waals surface area (Å²) in [4.78, 5) is 11.7. The Morgan fingerprint density at radius 1 is 1.29 bits per heavy atom. The maximum atomic E-state index is 11.7. The largest absolute Gasteiger partial charge is 0.456 e. The summed E-state index contributed by atoms with van der Waals surface area (Å²) in [6, 6.07) is 0. The lowest BCUT2D eigenvalue weighted by Gasteiger charge is -2.37. The Kier molecular flexibility index (Phi) is 5.23. The Morgan fingerprint density at radius 3 is 2.35 bits per heavy atom. The molecule has 0 saturated heterocycles. The molecule has 0 unspecified atom stereocenters. The highest BCUT2D eigenvalue weighted by Gasteiger charge is 2.35. The van der Waals surface area contributed by atoms with Gasteiger partial charge in [0.1, 0.15) is 5.60 Å². The van der Waals surface area contributed by atoms with Crippen molar-refractivity contribution in [2.75, 3.05) is 0 Å². The van der Waals surface area contributed by atoms with Gasteiger partial charge in [0.25, 0.3) is 0 Å². The van der Waals surface area contributed by atoms with Gasteiger partial charge >= 0.3 is 5.97 Å². The molecule has 0 amide bonds. The molecule has 98 valence electrons. The first-order valence-corrected chi connectivity index (χ1v) is 6.84. The summed E-state index contributed by atoms with van der Waals surface area (Å²) in [5.74, 6) is 0.452. The van der Waals surface area contributed by atoms with Crippen molar-refractivity contribution in [3.05, 3.63) is 12.2 Å². The summed E-state index contributed by atoms with van der Waals surface area (Å²) in [6.45, 7) is 9.83. The molecule has 0 N–H and O–H groups in total. The quantitative estimate of drug-likeness (QED) is 0.529. The van der Waals surface area contributed by atoms with Gasteiger partial charge < -0.3 is 4.74 Å². The highest BCUT2D eigenvalue weighted by atomic mass is 16.6. The number of rotatable bonds is 5. The second kappa shape index (κ2) is 6.23. The Hall–Kier alpha value is -0.790. The predicted octanol–water partition coefficient (Wildman–Crippen LogP) is 4.24. The van der Waals surface area contributed by atoms with E-state index in [0.29, 0.717) is 11.5 Å². The number of carbonyl (C=O) groups is 1. The normalized spacial score (nSPS) is 19.1. The molecule has 1 rings (SSSR count). The fourth-order valence-corrected chi connectivity index (χ4v) is 2.43. The van der Waals surface area contributed by atoms with Crippen molar-refractivity contribution < 1.29 is 9.53 Å². The minimum absolute atomic E-state index is 0.196. The minimum Gasteiger partial charge on any atom is -0.456 e. The maximum Gasteiger partial charge on any atom is 0.333 e. The molecule has 1 fully saturated rings. The van der Waals surface area contributed by atoms with Crippen molar-refractivity contribution in [3.63, 3.8) is 0 Å². The van der Waals surface area contributed by atoms with Crippen molar-refractivity contribution in [2.24, 2.45) is 5.92 Å². The van der Waals surface area contributed by atoms with Crippen LogP contribution in [0.3, 0.4) is 0 Å². The van der Waals surface area contributed by atoms with Gasteiger partial charge in [-0.25, -0.2) is 4.79 Å². The Bertz CT molecular complexity index is 273. The van der Waals surface area contributed by atoms with Gasteiger partial charge in [-0.3, -0.25) is 0 Å². The highest BCUT2D eigenvalue weighted by molar-refractivity contribution is 5.87. The van der Waals surface area contributed by atoms with Crippen LogP contribution in [-0.4, -0.2) is 11.6 Å². The van der Waals surface area contributed by atoms with E-state index in [2.05, 4.69) is 20.4 Å². The Labute approximate surface area is 105 Å². The smallest absolute Gasteiger partial charge is 0.333 e. The number of hydrogen-bond donors (Lipinski definition) is 0. The fraction of sp³-hybridized carbons (Fsp3) is 0.800. The molecule has 0 aromatic rings. The predicted molar refractivity (Wildman–Crippen MR) is 70.8 cm³/mol. The monoisotopic (exact) mass is 238 g/mol. The van der Waals surface area contributed by atoms with Crippen molar-refractivity contribution in [2.45, 2.75) is 71.3 Å². The molecule has 0 atom stereocenters. The number of ether oxygens (including phenoxy) is 1. The van der Waals surface area contributed by atoms with Crippen LogP contribution < -0.4 is 0 Å². The summed E-state index contributed by atoms with van der Waals surface area (Å²) in [5, 5.41) is 0. The van der Waals surface area contributed by atoms with E-state index < -0.39 is 0 Å². The number of carbonyl (C=O) groups excluding carboxylic acids is 1. The zero-order valence-electron chi connectivity index (χ0n) is 11.6. The summed E-state index contributed by atoms with van der Waals surface area (Å²) < 4.78 is 5.75. The Balaban J connectivity index is 2.64. The molecule has 1 saturated carbocycles. The topological polar surface area (TPSA) is 26.3 Å². The molecular weight excluding hydrogens is 212 g/mol. The van der Waals surface area contributed by atoms with Gasteiger partial charge in [0.05, 0.1) is 0 Å². The van der Waals surface area contributed by atoms with Gasteiger partial charge in [0.15, 0.2) is 0 Å². The van der Waals surface area contributed by atoms with E-state index in [9.17, 15) is 4.79 Å². The zero-order chi connectivity index (χ0) is 12.9. The molecule has 1 aliphatic rings. The molecule has 2 nitrogen and oxygen atoms in total. The molecule has 0 aromatic heterocycles. The standard InChI is InChI=1S/C15H26O2/c1-12(2)8-11-15(9-6-5-7-10-15)17-14(16)13(3)4/h12H,3,5-11H2,1-2,4H3. The van der Waals surface area contributed by atoms with Gasteiger partial charge in [-0.15, -0.1) is 0 Å². The SMILES string of the molecule is C=C(C)C(=O)OC1(CCC(C)C)CCCCC1. The molecule has 0 aromatic carbocycles. The van der Waals surface area contributed by atoms with Gasteiger partial charge in [-0.05, 0) is 51.4 Å². The molecule has 0 heterocycles. The average molecular weight is 238 g/mol. The third kappa shape index (κ3) is 4.53. The molecular formula is C15H26O2. The van der Waals surface area contributed by atoms with E-state index in [0.717, 1.165) is 25.7 Å². The van der Waals surface area contributed by atoms with Crippen molar-refractivity contribution in [3.8, 4) is 0 Å². The van der Waals surface area contributed by atoms with E-state index in [1.165, 1.54) is 19.3 Å². The Morgan fingerprint density at radius 2 is 1.88 bits per heavy atom. The van der Waals surface area contributed by atoms with Gasteiger partial charge in [0, 0.05) is 5.57 Å². The lowest BCUT2D eigenvalue weighted by Crippen LogP contribution is -2.37. The minimum atomic E-state index is -0.212. The van der Waals surface area contributed by atoms with Crippen LogP contribution in [0.1, 0.15) is 65.7 Å². The van der Waals surface area contributed by atoms with Crippen molar-refractivity contribution in [1.29, 1.82) is 0 Å². The second-order valence-electron chi connectivity index (χ2n) is 5.85. The van der Waals surface area contributed by atoms with Gasteiger partial charge in [-0.1, -0.05) is 26.8 Å². The molecule has 0 bridgehead atoms. The van der Waals surface area contributed by atoms with E-state index in [1.807, 2.05) is 0 Å². The molecule has 0 aliphatic heterocycles. The van der Waals surface area contributed by atoms with Crippen LogP contribution in [0, 0.1) is 5.92 Å². The number of hydrogen-bond acceptors (Lipinski definition) is 2. The van der Waals surface area contributed by atoms with Crippen LogP contribution >= 0.6 is 0 Å². The van der Waals surface area contributed by atoms with Crippen LogP contribution in [0.25, 0.3) is 0 Å². The maximum absolute atomic E-state index is 11.7. The van der Waals surface area contributed by atoms with Gasteiger partial charge in [-0.2, -0.15) is 0 Å². The molecule has 2 heteroatoms. The van der Waals surface area contributed by atoms with E-state index in [4.69, 9.17) is 4.74 Å². The molecule has 0 spiro atoms. The summed E-state index contributed by atoms with van der Waals surface area (Å²) >= 11 is 0. The van der Waals surface area contributed by atoms with Crippen molar-refractivity contribution in [1.82, 2.24) is 0 Å². The third-order valence-corrected chi connectivity index (χ3v) is 3.60. The third-order valence-electron chi connectivity index (χ3n) is 3.60. The first-order chi connectivity index (χ1) is 7.95.